The fourth-order valence-electron chi connectivity index (χ4n) is 4.12. The van der Waals surface area contributed by atoms with E-state index in [-0.39, 0.29) is 23.5 Å². The standard InChI is InChI=1S/C26H30N4O5S/c1-4-35-25(32)18-12-14-29(15-13-18)23(31)17-36-26-28-27-24(19-6-5-7-22(16-19)34-3)30(26)20-8-10-21(33-2)11-9-20/h5-11,16,18H,4,12-15,17H2,1-3H3. The minimum absolute atomic E-state index is 0.00881. The number of carbonyl (C=O) groups excluding carboxylic acids is 2. The molecule has 2 heterocycles. The minimum Gasteiger partial charge on any atom is -0.497 e. The van der Waals surface area contributed by atoms with Crippen LogP contribution in [-0.4, -0.2) is 71.2 Å². The number of carbonyl (C=O) groups is 2. The quantitative estimate of drug-likeness (QED) is 0.317. The second-order valence-corrected chi connectivity index (χ2v) is 9.21. The predicted octanol–water partition coefficient (Wildman–Crippen LogP) is 3.85. The molecule has 1 fully saturated rings. The van der Waals surface area contributed by atoms with Gasteiger partial charge in [0.2, 0.25) is 5.91 Å². The van der Waals surface area contributed by atoms with Crippen LogP contribution in [0.2, 0.25) is 0 Å². The Hall–Kier alpha value is -3.53. The Labute approximate surface area is 214 Å². The van der Waals surface area contributed by atoms with E-state index in [2.05, 4.69) is 10.2 Å². The fourth-order valence-corrected chi connectivity index (χ4v) is 4.97. The predicted molar refractivity (Wildman–Crippen MR) is 137 cm³/mol. The summed E-state index contributed by atoms with van der Waals surface area (Å²) in [5.41, 5.74) is 1.70. The first kappa shape index (κ1) is 25.6. The molecule has 1 saturated heterocycles. The molecule has 1 aliphatic rings. The van der Waals surface area contributed by atoms with Gasteiger partial charge in [0.1, 0.15) is 11.5 Å². The highest BCUT2D eigenvalue weighted by Gasteiger charge is 2.28. The van der Waals surface area contributed by atoms with E-state index < -0.39 is 0 Å². The van der Waals surface area contributed by atoms with E-state index in [9.17, 15) is 9.59 Å². The first-order valence-electron chi connectivity index (χ1n) is 11.9. The van der Waals surface area contributed by atoms with Crippen LogP contribution in [-0.2, 0) is 14.3 Å². The number of aromatic nitrogens is 3. The van der Waals surface area contributed by atoms with E-state index in [1.807, 2.05) is 53.1 Å². The second kappa shape index (κ2) is 11.9. The summed E-state index contributed by atoms with van der Waals surface area (Å²) in [5, 5.41) is 9.46. The van der Waals surface area contributed by atoms with Crippen molar-refractivity contribution in [3.05, 3.63) is 48.5 Å². The monoisotopic (exact) mass is 510 g/mol. The molecular formula is C26H30N4O5S. The molecule has 1 aliphatic heterocycles. The van der Waals surface area contributed by atoms with Gasteiger partial charge in [-0.2, -0.15) is 0 Å². The summed E-state index contributed by atoms with van der Waals surface area (Å²) >= 11 is 1.34. The zero-order valence-corrected chi connectivity index (χ0v) is 21.5. The number of methoxy groups -OCH3 is 2. The minimum atomic E-state index is -0.170. The van der Waals surface area contributed by atoms with Gasteiger partial charge in [-0.25, -0.2) is 0 Å². The summed E-state index contributed by atoms with van der Waals surface area (Å²) in [6.45, 7) is 3.27. The largest absolute Gasteiger partial charge is 0.497 e. The van der Waals surface area contributed by atoms with Crippen molar-refractivity contribution < 1.29 is 23.8 Å². The lowest BCUT2D eigenvalue weighted by Gasteiger charge is -2.30. The van der Waals surface area contributed by atoms with Crippen molar-refractivity contribution in [2.24, 2.45) is 5.92 Å². The number of hydrogen-bond acceptors (Lipinski definition) is 8. The van der Waals surface area contributed by atoms with Crippen molar-refractivity contribution >= 4 is 23.6 Å². The average Bonchev–Trinajstić information content (AvgIpc) is 3.36. The summed E-state index contributed by atoms with van der Waals surface area (Å²) in [7, 11) is 3.24. The van der Waals surface area contributed by atoms with Gasteiger partial charge in [0, 0.05) is 24.3 Å². The van der Waals surface area contributed by atoms with Gasteiger partial charge in [0.15, 0.2) is 11.0 Å². The van der Waals surface area contributed by atoms with E-state index in [1.165, 1.54) is 11.8 Å². The van der Waals surface area contributed by atoms with Crippen LogP contribution in [0.1, 0.15) is 19.8 Å². The molecule has 0 bridgehead atoms. The molecule has 0 N–H and O–H groups in total. The van der Waals surface area contributed by atoms with Crippen LogP contribution in [0.5, 0.6) is 11.5 Å². The zero-order chi connectivity index (χ0) is 25.5. The molecule has 0 radical (unpaired) electrons. The third-order valence-electron chi connectivity index (χ3n) is 6.08. The molecule has 36 heavy (non-hydrogen) atoms. The normalized spacial score (nSPS) is 13.9. The number of nitrogens with zero attached hydrogens (tertiary/aromatic N) is 4. The van der Waals surface area contributed by atoms with Crippen LogP contribution in [0.3, 0.4) is 0 Å². The van der Waals surface area contributed by atoms with Gasteiger partial charge in [-0.05, 0) is 56.2 Å². The highest BCUT2D eigenvalue weighted by molar-refractivity contribution is 7.99. The lowest BCUT2D eigenvalue weighted by atomic mass is 9.97. The van der Waals surface area contributed by atoms with Crippen molar-refractivity contribution in [1.82, 2.24) is 19.7 Å². The van der Waals surface area contributed by atoms with Gasteiger partial charge in [-0.3, -0.25) is 14.2 Å². The number of thioether (sulfide) groups is 1. The number of piperidine rings is 1. The van der Waals surface area contributed by atoms with E-state index in [0.717, 1.165) is 17.0 Å². The Bertz CT molecular complexity index is 1190. The summed E-state index contributed by atoms with van der Waals surface area (Å²) < 4.78 is 17.7. The molecule has 1 amide bonds. The summed E-state index contributed by atoms with van der Waals surface area (Å²) in [5.74, 6) is 2.02. The molecule has 0 atom stereocenters. The first-order valence-corrected chi connectivity index (χ1v) is 12.8. The number of amides is 1. The highest BCUT2D eigenvalue weighted by atomic mass is 32.2. The van der Waals surface area contributed by atoms with Gasteiger partial charge in [-0.1, -0.05) is 23.9 Å². The molecule has 0 unspecified atom stereocenters. The second-order valence-electron chi connectivity index (χ2n) is 8.27. The first-order chi connectivity index (χ1) is 17.5. The lowest BCUT2D eigenvalue weighted by Crippen LogP contribution is -2.41. The third-order valence-corrected chi connectivity index (χ3v) is 7.00. The van der Waals surface area contributed by atoms with Crippen LogP contribution >= 0.6 is 11.8 Å². The van der Waals surface area contributed by atoms with E-state index in [0.29, 0.717) is 49.3 Å². The number of esters is 1. The van der Waals surface area contributed by atoms with E-state index >= 15 is 0 Å². The Morgan fingerprint density at radius 1 is 1.00 bits per heavy atom. The van der Waals surface area contributed by atoms with E-state index in [1.54, 1.807) is 26.0 Å². The number of benzene rings is 2. The van der Waals surface area contributed by atoms with Crippen LogP contribution in [0.25, 0.3) is 17.1 Å². The number of ether oxygens (including phenoxy) is 3. The fraction of sp³-hybridized carbons (Fsp3) is 0.385. The van der Waals surface area contributed by atoms with Gasteiger partial charge in [-0.15, -0.1) is 10.2 Å². The van der Waals surface area contributed by atoms with Crippen LogP contribution in [0, 0.1) is 5.92 Å². The molecule has 0 spiro atoms. The van der Waals surface area contributed by atoms with Gasteiger partial charge >= 0.3 is 5.97 Å². The van der Waals surface area contributed by atoms with Crippen molar-refractivity contribution in [1.29, 1.82) is 0 Å². The lowest BCUT2D eigenvalue weighted by molar-refractivity contribution is -0.151. The maximum absolute atomic E-state index is 13.0. The summed E-state index contributed by atoms with van der Waals surface area (Å²) in [6, 6.07) is 15.2. The van der Waals surface area contributed by atoms with Crippen LogP contribution in [0.4, 0.5) is 0 Å². The molecule has 1 aromatic heterocycles. The average molecular weight is 511 g/mol. The van der Waals surface area contributed by atoms with E-state index in [4.69, 9.17) is 14.2 Å². The maximum Gasteiger partial charge on any atom is 0.309 e. The topological polar surface area (TPSA) is 95.8 Å². The van der Waals surface area contributed by atoms with Gasteiger partial charge in [0.25, 0.3) is 0 Å². The van der Waals surface area contributed by atoms with Crippen LogP contribution < -0.4 is 9.47 Å². The molecule has 4 rings (SSSR count). The Kier molecular flexibility index (Phi) is 8.48. The Morgan fingerprint density at radius 2 is 1.72 bits per heavy atom. The Balaban J connectivity index is 1.52. The number of likely N-dealkylation sites (tertiary alicyclic amines) is 1. The van der Waals surface area contributed by atoms with Crippen molar-refractivity contribution in [2.75, 3.05) is 39.7 Å². The van der Waals surface area contributed by atoms with Crippen molar-refractivity contribution in [2.45, 2.75) is 24.9 Å². The van der Waals surface area contributed by atoms with Crippen molar-refractivity contribution in [3.8, 4) is 28.6 Å². The molecular weight excluding hydrogens is 480 g/mol. The molecule has 190 valence electrons. The summed E-state index contributed by atoms with van der Waals surface area (Å²) in [6.07, 6.45) is 1.24. The summed E-state index contributed by atoms with van der Waals surface area (Å²) in [4.78, 5) is 26.8. The Morgan fingerprint density at radius 3 is 2.39 bits per heavy atom. The zero-order valence-electron chi connectivity index (χ0n) is 20.7. The van der Waals surface area contributed by atoms with Gasteiger partial charge in [0.05, 0.1) is 32.5 Å². The number of rotatable bonds is 9. The molecule has 0 aliphatic carbocycles. The molecule has 3 aromatic rings. The molecule has 9 nitrogen and oxygen atoms in total. The third kappa shape index (κ3) is 5.81. The smallest absolute Gasteiger partial charge is 0.309 e. The highest BCUT2D eigenvalue weighted by Crippen LogP contribution is 2.31. The molecule has 2 aromatic carbocycles. The van der Waals surface area contributed by atoms with Gasteiger partial charge < -0.3 is 19.1 Å². The van der Waals surface area contributed by atoms with Crippen molar-refractivity contribution in [3.63, 3.8) is 0 Å². The van der Waals surface area contributed by atoms with Crippen LogP contribution in [0.15, 0.2) is 53.7 Å². The SMILES string of the molecule is CCOC(=O)C1CCN(C(=O)CSc2nnc(-c3cccc(OC)c3)n2-c2ccc(OC)cc2)CC1. The molecule has 0 saturated carbocycles. The number of hydrogen-bond donors (Lipinski definition) is 0. The molecule has 10 heteroatoms. The maximum atomic E-state index is 13.0.